The van der Waals surface area contributed by atoms with Crippen molar-refractivity contribution in [1.29, 1.82) is 0 Å². The number of carbonyl (C=O) groups is 1. The lowest BCUT2D eigenvalue weighted by Gasteiger charge is -2.06. The molecule has 0 bridgehead atoms. The number of hydrogen-bond acceptors (Lipinski definition) is 2. The number of hydrogen-bond donors (Lipinski definition) is 2. The van der Waals surface area contributed by atoms with Crippen LogP contribution in [-0.4, -0.2) is 25.5 Å². The van der Waals surface area contributed by atoms with Crippen LogP contribution in [0.1, 0.15) is 18.4 Å². The number of halogens is 2. The number of rotatable bonds is 7. The zero-order chi connectivity index (χ0) is 12.8. The van der Waals surface area contributed by atoms with Crippen molar-refractivity contribution in [2.75, 3.05) is 19.6 Å². The van der Waals surface area contributed by atoms with Crippen molar-refractivity contribution in [3.63, 3.8) is 0 Å². The van der Waals surface area contributed by atoms with Gasteiger partial charge in [0.25, 0.3) is 0 Å². The molecule has 0 heterocycles. The van der Waals surface area contributed by atoms with Gasteiger partial charge in [-0.3, -0.25) is 4.79 Å². The largest absolute Gasteiger partial charge is 0.355 e. The van der Waals surface area contributed by atoms with E-state index in [0.717, 1.165) is 23.4 Å². The zero-order valence-electron chi connectivity index (χ0n) is 10.8. The second-order valence-electron chi connectivity index (χ2n) is 4.80. The van der Waals surface area contributed by atoms with E-state index in [1.54, 1.807) is 0 Å². The highest BCUT2D eigenvalue weighted by atomic mass is 79.9. The number of carbonyl (C=O) groups excluding carboxylic acids is 1. The van der Waals surface area contributed by atoms with Crippen LogP contribution in [0.15, 0.2) is 28.7 Å². The lowest BCUT2D eigenvalue weighted by Crippen LogP contribution is -2.35. The minimum atomic E-state index is 0. The third kappa shape index (κ3) is 6.95. The van der Waals surface area contributed by atoms with Gasteiger partial charge in [-0.05, 0) is 49.4 Å². The summed E-state index contributed by atoms with van der Waals surface area (Å²) in [7, 11) is 0. The highest BCUT2D eigenvalue weighted by Crippen LogP contribution is 2.27. The fourth-order valence-corrected chi connectivity index (χ4v) is 2.04. The van der Waals surface area contributed by atoms with Gasteiger partial charge in [0.1, 0.15) is 0 Å². The van der Waals surface area contributed by atoms with Gasteiger partial charge in [-0.15, -0.1) is 12.4 Å². The third-order valence-electron chi connectivity index (χ3n) is 3.06. The molecule has 1 aliphatic rings. The summed E-state index contributed by atoms with van der Waals surface area (Å²) in [5.41, 5.74) is 1.24. The van der Waals surface area contributed by atoms with Gasteiger partial charge in [0.05, 0.1) is 6.54 Å². The molecule has 0 spiro atoms. The molecule has 0 aromatic heterocycles. The van der Waals surface area contributed by atoms with Crippen molar-refractivity contribution in [2.24, 2.45) is 5.92 Å². The molecule has 1 aliphatic carbocycles. The maximum Gasteiger partial charge on any atom is 0.233 e. The monoisotopic (exact) mass is 346 g/mol. The molecule has 0 saturated heterocycles. The fraction of sp³-hybridized carbons (Fsp3) is 0.500. The third-order valence-corrected chi connectivity index (χ3v) is 3.59. The quantitative estimate of drug-likeness (QED) is 0.796. The predicted molar refractivity (Wildman–Crippen MR) is 83.7 cm³/mol. The van der Waals surface area contributed by atoms with Crippen LogP contribution in [0.5, 0.6) is 0 Å². The lowest BCUT2D eigenvalue weighted by molar-refractivity contribution is -0.120. The molecule has 0 aliphatic heterocycles. The molecule has 106 valence electrons. The summed E-state index contributed by atoms with van der Waals surface area (Å²) in [6.45, 7) is 2.13. The van der Waals surface area contributed by atoms with E-state index in [-0.39, 0.29) is 18.3 Å². The molecule has 0 atom stereocenters. The first kappa shape index (κ1) is 16.5. The Morgan fingerprint density at radius 3 is 2.58 bits per heavy atom. The van der Waals surface area contributed by atoms with Crippen molar-refractivity contribution in [1.82, 2.24) is 10.6 Å². The molecule has 5 heteroatoms. The standard InChI is InChI=1S/C14H19BrN2O.ClH/c15-13-5-3-11(4-6-13)7-8-17-14(18)10-16-9-12-1-2-12;/h3-6,12,16H,1-2,7-10H2,(H,17,18);1H. The SMILES string of the molecule is Cl.O=C(CNCC1CC1)NCCc1ccc(Br)cc1. The lowest BCUT2D eigenvalue weighted by atomic mass is 10.1. The zero-order valence-corrected chi connectivity index (χ0v) is 13.2. The first-order valence-electron chi connectivity index (χ1n) is 6.46. The molecular formula is C14H20BrClN2O. The molecule has 2 N–H and O–H groups in total. The van der Waals surface area contributed by atoms with Crippen LogP contribution in [0.2, 0.25) is 0 Å². The van der Waals surface area contributed by atoms with Gasteiger partial charge in [0.2, 0.25) is 5.91 Å². The Morgan fingerprint density at radius 1 is 1.26 bits per heavy atom. The van der Waals surface area contributed by atoms with Crippen LogP contribution in [-0.2, 0) is 11.2 Å². The maximum atomic E-state index is 11.5. The minimum Gasteiger partial charge on any atom is -0.355 e. The van der Waals surface area contributed by atoms with Gasteiger partial charge in [0, 0.05) is 11.0 Å². The van der Waals surface area contributed by atoms with E-state index < -0.39 is 0 Å². The van der Waals surface area contributed by atoms with Crippen molar-refractivity contribution in [3.05, 3.63) is 34.3 Å². The average molecular weight is 348 g/mol. The summed E-state index contributed by atoms with van der Waals surface area (Å²) in [6, 6.07) is 8.19. The van der Waals surface area contributed by atoms with Gasteiger partial charge in [-0.25, -0.2) is 0 Å². The van der Waals surface area contributed by atoms with Gasteiger partial charge in [0.15, 0.2) is 0 Å². The summed E-state index contributed by atoms with van der Waals surface area (Å²) in [4.78, 5) is 11.5. The Bertz CT molecular complexity index is 393. The van der Waals surface area contributed by atoms with Crippen LogP contribution < -0.4 is 10.6 Å². The summed E-state index contributed by atoms with van der Waals surface area (Å²) in [5.74, 6) is 0.910. The van der Waals surface area contributed by atoms with E-state index >= 15 is 0 Å². The van der Waals surface area contributed by atoms with E-state index in [0.29, 0.717) is 13.1 Å². The Balaban J connectivity index is 0.00000180. The van der Waals surface area contributed by atoms with E-state index in [1.165, 1.54) is 18.4 Å². The van der Waals surface area contributed by atoms with Crippen molar-refractivity contribution in [3.8, 4) is 0 Å². The normalized spacial score (nSPS) is 13.7. The van der Waals surface area contributed by atoms with Gasteiger partial charge < -0.3 is 10.6 Å². The Morgan fingerprint density at radius 2 is 1.95 bits per heavy atom. The summed E-state index contributed by atoms with van der Waals surface area (Å²) >= 11 is 3.40. The summed E-state index contributed by atoms with van der Waals surface area (Å²) < 4.78 is 1.08. The summed E-state index contributed by atoms with van der Waals surface area (Å²) in [5, 5.41) is 6.11. The molecule has 1 amide bonds. The van der Waals surface area contributed by atoms with Gasteiger partial charge in [-0.1, -0.05) is 28.1 Å². The molecule has 1 aromatic carbocycles. The Kier molecular flexibility index (Phi) is 7.42. The highest BCUT2D eigenvalue weighted by molar-refractivity contribution is 9.10. The maximum absolute atomic E-state index is 11.5. The number of benzene rings is 1. The van der Waals surface area contributed by atoms with Crippen LogP contribution in [0.3, 0.4) is 0 Å². The minimum absolute atomic E-state index is 0. The van der Waals surface area contributed by atoms with E-state index in [4.69, 9.17) is 0 Å². The van der Waals surface area contributed by atoms with E-state index in [1.807, 2.05) is 12.1 Å². The average Bonchev–Trinajstić information content (AvgIpc) is 3.16. The van der Waals surface area contributed by atoms with Crippen molar-refractivity contribution in [2.45, 2.75) is 19.3 Å². The highest BCUT2D eigenvalue weighted by Gasteiger charge is 2.20. The molecule has 1 aromatic rings. The van der Waals surface area contributed by atoms with Crippen LogP contribution in [0.4, 0.5) is 0 Å². The first-order valence-corrected chi connectivity index (χ1v) is 7.25. The number of nitrogens with one attached hydrogen (secondary N) is 2. The van der Waals surface area contributed by atoms with Crippen LogP contribution in [0, 0.1) is 5.92 Å². The van der Waals surface area contributed by atoms with Crippen molar-refractivity contribution < 1.29 is 4.79 Å². The predicted octanol–water partition coefficient (Wildman–Crippen LogP) is 2.53. The van der Waals surface area contributed by atoms with E-state index in [9.17, 15) is 4.79 Å². The van der Waals surface area contributed by atoms with Gasteiger partial charge >= 0.3 is 0 Å². The molecular weight excluding hydrogens is 328 g/mol. The molecule has 2 rings (SSSR count). The Hall–Kier alpha value is -0.580. The molecule has 1 fully saturated rings. The first-order chi connectivity index (χ1) is 8.74. The topological polar surface area (TPSA) is 41.1 Å². The van der Waals surface area contributed by atoms with Gasteiger partial charge in [-0.2, -0.15) is 0 Å². The molecule has 0 radical (unpaired) electrons. The second kappa shape index (κ2) is 8.56. The molecule has 0 unspecified atom stereocenters. The fourth-order valence-electron chi connectivity index (χ4n) is 1.77. The van der Waals surface area contributed by atoms with Crippen LogP contribution in [0.25, 0.3) is 0 Å². The smallest absolute Gasteiger partial charge is 0.233 e. The Labute approximate surface area is 129 Å². The summed E-state index contributed by atoms with van der Waals surface area (Å²) in [6.07, 6.45) is 3.51. The van der Waals surface area contributed by atoms with E-state index in [2.05, 4.69) is 38.7 Å². The molecule has 19 heavy (non-hydrogen) atoms. The second-order valence-corrected chi connectivity index (χ2v) is 5.72. The number of amides is 1. The van der Waals surface area contributed by atoms with Crippen LogP contribution >= 0.6 is 28.3 Å². The molecule has 3 nitrogen and oxygen atoms in total. The molecule has 1 saturated carbocycles. The van der Waals surface area contributed by atoms with Crippen molar-refractivity contribution >= 4 is 34.2 Å².